The van der Waals surface area contributed by atoms with Crippen LogP contribution in [0.3, 0.4) is 0 Å². The maximum Gasteiger partial charge on any atom is 0.407 e. The lowest BCUT2D eigenvalue weighted by Crippen LogP contribution is -2.44. The molecule has 5 rings (SSSR count). The van der Waals surface area contributed by atoms with Crippen LogP contribution >= 0.6 is 11.3 Å². The largest absolute Gasteiger partial charge is 0.457 e. The van der Waals surface area contributed by atoms with Gasteiger partial charge in [-0.2, -0.15) is 0 Å². The number of ether oxygens (including phenoxy) is 6. The minimum Gasteiger partial charge on any atom is -0.457 e. The summed E-state index contributed by atoms with van der Waals surface area (Å²) in [6.45, 7) is 13.3. The van der Waals surface area contributed by atoms with Gasteiger partial charge >= 0.3 is 12.1 Å². The highest BCUT2D eigenvalue weighted by Gasteiger charge is 2.47. The lowest BCUT2D eigenvalue weighted by atomic mass is 9.88. The Bertz CT molecular complexity index is 1840. The Morgan fingerprint density at radius 2 is 1.87 bits per heavy atom. The number of nitrogens with one attached hydrogen (secondary N) is 3. The van der Waals surface area contributed by atoms with Gasteiger partial charge in [-0.15, -0.1) is 11.3 Å². The summed E-state index contributed by atoms with van der Waals surface area (Å²) in [5, 5.41) is 39.8. The van der Waals surface area contributed by atoms with Crippen molar-refractivity contribution in [3.05, 3.63) is 52.5 Å². The summed E-state index contributed by atoms with van der Waals surface area (Å²) >= 11 is 1.46. The minimum atomic E-state index is -1.55. The summed E-state index contributed by atoms with van der Waals surface area (Å²) in [4.78, 5) is 47.4. The molecule has 11 unspecified atom stereocenters. The van der Waals surface area contributed by atoms with Crippen molar-refractivity contribution in [1.82, 2.24) is 20.6 Å². The van der Waals surface area contributed by atoms with E-state index in [4.69, 9.17) is 28.4 Å². The van der Waals surface area contributed by atoms with Crippen LogP contribution in [-0.4, -0.2) is 132 Å². The van der Waals surface area contributed by atoms with Crippen LogP contribution in [0.2, 0.25) is 0 Å². The first-order valence-electron chi connectivity index (χ1n) is 22.0. The fraction of sp³-hybridized carbons (Fsp3) is 0.689. The molecule has 0 aromatic carbocycles. The molecule has 17 heteroatoms. The van der Waals surface area contributed by atoms with Crippen molar-refractivity contribution in [3.63, 3.8) is 0 Å². The Morgan fingerprint density at radius 1 is 1.13 bits per heavy atom. The molecular formula is C45H68N4O12S. The Labute approximate surface area is 368 Å². The number of fused-ring (bicyclic) bond motifs is 1. The molecule has 6 N–H and O–H groups in total. The summed E-state index contributed by atoms with van der Waals surface area (Å²) in [7, 11) is 0. The first kappa shape index (κ1) is 49.3. The number of H-pyrrole nitrogens is 1. The van der Waals surface area contributed by atoms with Crippen LogP contribution in [0.4, 0.5) is 4.79 Å². The first-order chi connectivity index (χ1) is 29.6. The maximum absolute atomic E-state index is 13.3. The molecule has 346 valence electrons. The van der Waals surface area contributed by atoms with Crippen LogP contribution in [0, 0.1) is 17.8 Å². The summed E-state index contributed by atoms with van der Waals surface area (Å²) in [6.07, 6.45) is 9.90. The molecule has 2 fully saturated rings. The molecule has 2 aromatic rings. The summed E-state index contributed by atoms with van der Waals surface area (Å²) in [5.74, 6) is -0.825. The highest BCUT2D eigenvalue weighted by atomic mass is 32.1. The number of rotatable bonds is 20. The van der Waals surface area contributed by atoms with Gasteiger partial charge in [0.1, 0.15) is 17.2 Å². The second-order valence-electron chi connectivity index (χ2n) is 17.1. The number of carbonyl (C=O) groups excluding carboxylic acids is 3. The number of aliphatic hydroxyl groups excluding tert-OH is 2. The van der Waals surface area contributed by atoms with Crippen LogP contribution in [0.1, 0.15) is 91.4 Å². The molecule has 2 saturated heterocycles. The molecule has 0 saturated carbocycles. The Morgan fingerprint density at radius 3 is 2.58 bits per heavy atom. The van der Waals surface area contributed by atoms with Gasteiger partial charge in [0.2, 0.25) is 0 Å². The number of alkyl carbamates (subject to hydrolysis) is 1. The van der Waals surface area contributed by atoms with Gasteiger partial charge in [0.15, 0.2) is 11.7 Å². The number of nitrogens with zero attached hydrogens (tertiary/aromatic N) is 1. The number of cyclic esters (lactones) is 1. The number of hydrogen-bond donors (Lipinski definition) is 6. The molecule has 11 atom stereocenters. The molecule has 3 aliphatic rings. The second-order valence-corrected chi connectivity index (χ2v) is 18.0. The number of hydrogen-bond acceptors (Lipinski definition) is 14. The summed E-state index contributed by atoms with van der Waals surface area (Å²) in [5.41, 5.74) is -0.194. The van der Waals surface area contributed by atoms with E-state index in [0.29, 0.717) is 26.0 Å². The standard InChI is InChI=1S/C45H68N4O12S/c1-7-34(51)31(5)40-35(59-40)24-28(2)10-8-11-29(3)39-30(4)12-13-36(44(6,55)16-14-32(50)25-37(52)61-39)60-43(54)47-18-21-57-23-22-56-20-17-46-42(53)45(15-9-19-58-45)41-38-33(26-62-41)48-27-49-38/h8,10-13,26-28,30-32,34-36,39-40,50-51,55H,7,9,14-25H2,1-6H3,(H,46,53)(H,47,54)(H,48,49)/b10-8+,13-12+,29-11+. The first-order valence-corrected chi connectivity index (χ1v) is 22.9. The van der Waals surface area contributed by atoms with Crippen LogP contribution in [0.15, 0.2) is 47.7 Å². The second kappa shape index (κ2) is 23.3. The van der Waals surface area contributed by atoms with Gasteiger partial charge in [-0.25, -0.2) is 9.78 Å². The number of imidazole rings is 1. The Balaban J connectivity index is 1.04. The Hall–Kier alpha value is -3.68. The van der Waals surface area contributed by atoms with Crippen molar-refractivity contribution in [2.75, 3.05) is 46.1 Å². The SMILES string of the molecule is CCC(O)C(C)C1OC1CC(C)/C=C/C=C(\C)C1OC(=O)CC(O)CCC(C)(O)C(OC(=O)NCCOCCOCCNC(=O)C2(c3scc4[nH]cnc34)CCCO2)/C=C/C1C. The number of amides is 2. The predicted molar refractivity (Wildman–Crippen MR) is 233 cm³/mol. The molecule has 2 amide bonds. The molecule has 3 aliphatic heterocycles. The molecular weight excluding hydrogens is 821 g/mol. The minimum absolute atomic E-state index is 0.0544. The van der Waals surface area contributed by atoms with Gasteiger partial charge in [-0.3, -0.25) is 9.59 Å². The lowest BCUT2D eigenvalue weighted by molar-refractivity contribution is -0.151. The smallest absolute Gasteiger partial charge is 0.407 e. The molecule has 2 aromatic heterocycles. The average Bonchev–Trinajstić information content (AvgIpc) is 3.56. The van der Waals surface area contributed by atoms with Gasteiger partial charge in [0.25, 0.3) is 5.91 Å². The molecule has 0 spiro atoms. The van der Waals surface area contributed by atoms with E-state index in [0.717, 1.165) is 34.3 Å². The summed E-state index contributed by atoms with van der Waals surface area (Å²) in [6, 6.07) is 0. The molecule has 62 heavy (non-hydrogen) atoms. The third-order valence-corrected chi connectivity index (χ3v) is 13.0. The maximum atomic E-state index is 13.3. The molecule has 5 heterocycles. The van der Waals surface area contributed by atoms with E-state index in [1.165, 1.54) is 18.3 Å². The predicted octanol–water partition coefficient (Wildman–Crippen LogP) is 4.98. The van der Waals surface area contributed by atoms with Gasteiger partial charge in [0, 0.05) is 36.9 Å². The van der Waals surface area contributed by atoms with E-state index < -0.39 is 41.6 Å². The van der Waals surface area contributed by atoms with E-state index in [-0.39, 0.29) is 94.2 Å². The van der Waals surface area contributed by atoms with Crippen molar-refractivity contribution in [2.24, 2.45) is 17.8 Å². The highest BCUT2D eigenvalue weighted by molar-refractivity contribution is 7.11. The molecule has 16 nitrogen and oxygen atoms in total. The number of aliphatic hydroxyl groups is 3. The van der Waals surface area contributed by atoms with E-state index in [1.54, 1.807) is 18.5 Å². The summed E-state index contributed by atoms with van der Waals surface area (Å²) < 4.78 is 34.7. The number of allylic oxidation sites excluding steroid dienone is 3. The number of aromatic amines is 1. The van der Waals surface area contributed by atoms with Crippen molar-refractivity contribution in [2.45, 2.75) is 134 Å². The van der Waals surface area contributed by atoms with Crippen molar-refractivity contribution < 1.29 is 58.1 Å². The Kier molecular flexibility index (Phi) is 18.5. The third kappa shape index (κ3) is 13.7. The van der Waals surface area contributed by atoms with E-state index in [2.05, 4.69) is 33.6 Å². The van der Waals surface area contributed by atoms with Crippen molar-refractivity contribution >= 4 is 40.3 Å². The number of aromatic nitrogens is 2. The van der Waals surface area contributed by atoms with Gasteiger partial charge in [0.05, 0.1) is 74.0 Å². The van der Waals surface area contributed by atoms with Crippen LogP contribution in [0.5, 0.6) is 0 Å². The monoisotopic (exact) mass is 888 g/mol. The molecule has 0 radical (unpaired) electrons. The van der Waals surface area contributed by atoms with Crippen molar-refractivity contribution in [1.29, 1.82) is 0 Å². The molecule has 0 bridgehead atoms. The quantitative estimate of drug-likeness (QED) is 0.0340. The normalized spacial score (nSPS) is 30.5. The number of epoxide rings is 1. The average molecular weight is 889 g/mol. The number of carbonyl (C=O) groups is 3. The zero-order chi connectivity index (χ0) is 44.9. The zero-order valence-corrected chi connectivity index (χ0v) is 37.8. The lowest BCUT2D eigenvalue weighted by Gasteiger charge is -2.32. The topological polar surface area (TPSA) is 223 Å². The van der Waals surface area contributed by atoms with Gasteiger partial charge in [-0.1, -0.05) is 52.0 Å². The number of esters is 1. The number of thiophene rings is 1. The van der Waals surface area contributed by atoms with Crippen LogP contribution in [0.25, 0.3) is 11.0 Å². The zero-order valence-electron chi connectivity index (χ0n) is 37.0. The fourth-order valence-corrected chi connectivity index (χ4v) is 9.14. The van der Waals surface area contributed by atoms with E-state index in [1.807, 2.05) is 45.2 Å². The van der Waals surface area contributed by atoms with Gasteiger partial charge in [-0.05, 0) is 69.9 Å². The highest BCUT2D eigenvalue weighted by Crippen LogP contribution is 2.43. The molecule has 0 aliphatic carbocycles. The fourth-order valence-electron chi connectivity index (χ4n) is 8.01. The third-order valence-electron chi connectivity index (χ3n) is 11.9. The van der Waals surface area contributed by atoms with E-state index in [9.17, 15) is 29.7 Å². The van der Waals surface area contributed by atoms with Crippen LogP contribution < -0.4 is 10.6 Å². The van der Waals surface area contributed by atoms with Crippen molar-refractivity contribution in [3.8, 4) is 0 Å². The van der Waals surface area contributed by atoms with Crippen LogP contribution in [-0.2, 0) is 43.6 Å². The van der Waals surface area contributed by atoms with Gasteiger partial charge < -0.3 is 59.4 Å². The van der Waals surface area contributed by atoms with E-state index >= 15 is 0 Å².